The van der Waals surface area contributed by atoms with Crippen molar-refractivity contribution in [2.45, 2.75) is 39.3 Å². The lowest BCUT2D eigenvalue weighted by molar-refractivity contribution is 0.0727. The minimum absolute atomic E-state index is 0.0544. The van der Waals surface area contributed by atoms with E-state index in [9.17, 15) is 4.79 Å². The van der Waals surface area contributed by atoms with Gasteiger partial charge in [-0.25, -0.2) is 9.97 Å². The third-order valence-corrected chi connectivity index (χ3v) is 4.09. The van der Waals surface area contributed by atoms with Crippen molar-refractivity contribution < 1.29 is 9.53 Å². The molecule has 0 atom stereocenters. The first-order valence-electron chi connectivity index (χ1n) is 8.21. The SMILES string of the molecule is CCOc1ccccc1CN(C(=O)c1cnc(N)nc1C)C1CC1. The summed E-state index contributed by atoms with van der Waals surface area (Å²) in [6.45, 7) is 4.85. The van der Waals surface area contributed by atoms with Crippen molar-refractivity contribution in [1.29, 1.82) is 0 Å². The van der Waals surface area contributed by atoms with Crippen molar-refractivity contribution in [3.05, 3.63) is 47.3 Å². The first-order chi connectivity index (χ1) is 11.6. The van der Waals surface area contributed by atoms with E-state index in [1.54, 1.807) is 6.92 Å². The Bertz CT molecular complexity index is 744. The van der Waals surface area contributed by atoms with E-state index in [0.717, 1.165) is 24.2 Å². The van der Waals surface area contributed by atoms with Gasteiger partial charge in [-0.05, 0) is 32.8 Å². The number of aryl methyl sites for hydroxylation is 1. The Hall–Kier alpha value is -2.63. The van der Waals surface area contributed by atoms with E-state index >= 15 is 0 Å². The molecule has 1 aliphatic carbocycles. The number of nitrogen functional groups attached to an aromatic ring is 1. The lowest BCUT2D eigenvalue weighted by Gasteiger charge is -2.24. The van der Waals surface area contributed by atoms with Crippen LogP contribution in [0.15, 0.2) is 30.5 Å². The molecule has 0 saturated heterocycles. The zero-order chi connectivity index (χ0) is 17.1. The Kier molecular flexibility index (Phi) is 4.64. The number of hydrogen-bond acceptors (Lipinski definition) is 5. The third kappa shape index (κ3) is 3.48. The van der Waals surface area contributed by atoms with Crippen LogP contribution in [-0.2, 0) is 6.54 Å². The van der Waals surface area contributed by atoms with Crippen LogP contribution in [0.1, 0.15) is 41.4 Å². The molecule has 1 heterocycles. The maximum atomic E-state index is 13.0. The zero-order valence-corrected chi connectivity index (χ0v) is 14.0. The van der Waals surface area contributed by atoms with Gasteiger partial charge in [-0.1, -0.05) is 18.2 Å². The average Bonchev–Trinajstić information content (AvgIpc) is 3.38. The van der Waals surface area contributed by atoms with Gasteiger partial charge in [0.05, 0.1) is 17.9 Å². The number of hydrogen-bond donors (Lipinski definition) is 1. The molecule has 2 N–H and O–H groups in total. The second kappa shape index (κ2) is 6.86. The van der Waals surface area contributed by atoms with Gasteiger partial charge in [0.15, 0.2) is 0 Å². The molecule has 1 aliphatic rings. The number of ether oxygens (including phenoxy) is 1. The standard InChI is InChI=1S/C18H22N4O2/c1-3-24-16-7-5-4-6-13(16)11-22(14-8-9-14)17(23)15-10-20-18(19)21-12(15)2/h4-7,10,14H,3,8-9,11H2,1-2H3,(H2,19,20,21). The molecule has 0 radical (unpaired) electrons. The predicted octanol–water partition coefficient (Wildman–Crippen LogP) is 2.57. The molecule has 2 aromatic rings. The van der Waals surface area contributed by atoms with Gasteiger partial charge in [-0.15, -0.1) is 0 Å². The number of rotatable bonds is 6. The summed E-state index contributed by atoms with van der Waals surface area (Å²) in [6, 6.07) is 8.11. The summed E-state index contributed by atoms with van der Waals surface area (Å²) in [4.78, 5) is 23.0. The van der Waals surface area contributed by atoms with E-state index < -0.39 is 0 Å². The fraction of sp³-hybridized carbons (Fsp3) is 0.389. The van der Waals surface area contributed by atoms with Gasteiger partial charge in [0.2, 0.25) is 5.95 Å². The van der Waals surface area contributed by atoms with E-state index in [-0.39, 0.29) is 17.9 Å². The summed E-state index contributed by atoms with van der Waals surface area (Å²) < 4.78 is 5.68. The summed E-state index contributed by atoms with van der Waals surface area (Å²) in [5.41, 5.74) is 7.71. The van der Waals surface area contributed by atoms with E-state index in [1.165, 1.54) is 6.20 Å². The van der Waals surface area contributed by atoms with Crippen LogP contribution in [-0.4, -0.2) is 33.4 Å². The number of nitrogens with two attached hydrogens (primary N) is 1. The van der Waals surface area contributed by atoms with Crippen LogP contribution in [0.5, 0.6) is 5.75 Å². The molecule has 6 heteroatoms. The molecule has 1 aromatic heterocycles. The minimum Gasteiger partial charge on any atom is -0.494 e. The lowest BCUT2D eigenvalue weighted by Crippen LogP contribution is -2.33. The highest BCUT2D eigenvalue weighted by molar-refractivity contribution is 5.95. The summed E-state index contributed by atoms with van der Waals surface area (Å²) in [6.07, 6.45) is 3.57. The quantitative estimate of drug-likeness (QED) is 0.882. The largest absolute Gasteiger partial charge is 0.494 e. The van der Waals surface area contributed by atoms with Crippen molar-refractivity contribution in [1.82, 2.24) is 14.9 Å². The molecule has 0 bridgehead atoms. The zero-order valence-electron chi connectivity index (χ0n) is 14.0. The number of nitrogens with zero attached hydrogens (tertiary/aromatic N) is 3. The maximum absolute atomic E-state index is 13.0. The van der Waals surface area contributed by atoms with Gasteiger partial charge in [-0.2, -0.15) is 0 Å². The van der Waals surface area contributed by atoms with Gasteiger partial charge >= 0.3 is 0 Å². The van der Waals surface area contributed by atoms with E-state index in [4.69, 9.17) is 10.5 Å². The molecule has 1 saturated carbocycles. The second-order valence-electron chi connectivity index (χ2n) is 5.93. The predicted molar refractivity (Wildman–Crippen MR) is 91.7 cm³/mol. The lowest BCUT2D eigenvalue weighted by atomic mass is 10.1. The highest BCUT2D eigenvalue weighted by atomic mass is 16.5. The molecule has 1 aromatic carbocycles. The monoisotopic (exact) mass is 326 g/mol. The van der Waals surface area contributed by atoms with Gasteiger partial charge in [0.25, 0.3) is 5.91 Å². The number of amides is 1. The van der Waals surface area contributed by atoms with Crippen LogP contribution in [0.25, 0.3) is 0 Å². The van der Waals surface area contributed by atoms with E-state index in [1.807, 2.05) is 36.1 Å². The van der Waals surface area contributed by atoms with Crippen LogP contribution in [0.4, 0.5) is 5.95 Å². The summed E-state index contributed by atoms with van der Waals surface area (Å²) in [7, 11) is 0. The smallest absolute Gasteiger partial charge is 0.257 e. The molecule has 1 amide bonds. The Labute approximate surface area is 141 Å². The summed E-state index contributed by atoms with van der Waals surface area (Å²) in [5.74, 6) is 0.953. The number of aromatic nitrogens is 2. The fourth-order valence-electron chi connectivity index (χ4n) is 2.72. The Morgan fingerprint density at radius 2 is 2.12 bits per heavy atom. The molecular weight excluding hydrogens is 304 g/mol. The maximum Gasteiger partial charge on any atom is 0.257 e. The van der Waals surface area contributed by atoms with E-state index in [2.05, 4.69) is 9.97 Å². The average molecular weight is 326 g/mol. The second-order valence-corrected chi connectivity index (χ2v) is 5.93. The molecule has 6 nitrogen and oxygen atoms in total. The summed E-state index contributed by atoms with van der Waals surface area (Å²) in [5, 5.41) is 0. The third-order valence-electron chi connectivity index (χ3n) is 4.09. The van der Waals surface area contributed by atoms with Crippen molar-refractivity contribution in [2.24, 2.45) is 0 Å². The van der Waals surface area contributed by atoms with Crippen LogP contribution >= 0.6 is 0 Å². The van der Waals surface area contributed by atoms with Crippen molar-refractivity contribution in [3.8, 4) is 5.75 Å². The number of carbonyl (C=O) groups excluding carboxylic acids is 1. The van der Waals surface area contributed by atoms with Gasteiger partial charge < -0.3 is 15.4 Å². The molecule has 126 valence electrons. The number of anilines is 1. The molecule has 1 fully saturated rings. The minimum atomic E-state index is -0.0544. The molecule has 3 rings (SSSR count). The molecule has 24 heavy (non-hydrogen) atoms. The number of para-hydroxylation sites is 1. The summed E-state index contributed by atoms with van der Waals surface area (Å²) >= 11 is 0. The van der Waals surface area contributed by atoms with Gasteiger partial charge in [0, 0.05) is 24.3 Å². The Morgan fingerprint density at radius 3 is 2.79 bits per heavy atom. The molecule has 0 unspecified atom stereocenters. The van der Waals surface area contributed by atoms with Crippen LogP contribution < -0.4 is 10.5 Å². The number of carbonyl (C=O) groups is 1. The van der Waals surface area contributed by atoms with Crippen molar-refractivity contribution >= 4 is 11.9 Å². The Morgan fingerprint density at radius 1 is 1.38 bits per heavy atom. The van der Waals surface area contributed by atoms with E-state index in [0.29, 0.717) is 24.4 Å². The van der Waals surface area contributed by atoms with Crippen LogP contribution in [0.3, 0.4) is 0 Å². The normalized spacial score (nSPS) is 13.6. The van der Waals surface area contributed by atoms with Gasteiger partial charge in [-0.3, -0.25) is 4.79 Å². The van der Waals surface area contributed by atoms with Crippen molar-refractivity contribution in [2.75, 3.05) is 12.3 Å². The molecular formula is C18H22N4O2. The topological polar surface area (TPSA) is 81.3 Å². The first-order valence-corrected chi connectivity index (χ1v) is 8.21. The van der Waals surface area contributed by atoms with Crippen LogP contribution in [0, 0.1) is 6.92 Å². The number of benzene rings is 1. The first kappa shape index (κ1) is 16.2. The highest BCUT2D eigenvalue weighted by Crippen LogP contribution is 2.32. The fourth-order valence-corrected chi connectivity index (χ4v) is 2.72. The Balaban J connectivity index is 1.87. The molecule has 0 aliphatic heterocycles. The molecule has 0 spiro atoms. The highest BCUT2D eigenvalue weighted by Gasteiger charge is 2.34. The van der Waals surface area contributed by atoms with Crippen molar-refractivity contribution in [3.63, 3.8) is 0 Å². The van der Waals surface area contributed by atoms with Crippen LogP contribution in [0.2, 0.25) is 0 Å². The van der Waals surface area contributed by atoms with Gasteiger partial charge in [0.1, 0.15) is 5.75 Å².